The number of amides is 2. The second kappa shape index (κ2) is 7.90. The molecular weight excluding hydrogens is 386 g/mol. The van der Waals surface area contributed by atoms with Crippen molar-refractivity contribution in [3.8, 4) is 0 Å². The molecule has 0 N–H and O–H groups in total. The van der Waals surface area contributed by atoms with E-state index in [1.165, 1.54) is 24.8 Å². The van der Waals surface area contributed by atoms with E-state index in [1.54, 1.807) is 18.6 Å². The molecule has 6 nitrogen and oxygen atoms in total. The van der Waals surface area contributed by atoms with E-state index < -0.39 is 0 Å². The Labute approximate surface area is 185 Å². The van der Waals surface area contributed by atoms with Gasteiger partial charge in [0.05, 0.1) is 18.3 Å². The van der Waals surface area contributed by atoms with Gasteiger partial charge in [-0.2, -0.15) is 0 Å². The summed E-state index contributed by atoms with van der Waals surface area (Å²) in [5.74, 6) is 1.33. The third-order valence-electron chi connectivity index (χ3n) is 8.15. The molecular formula is C25H33N5O. The first kappa shape index (κ1) is 20.4. The monoisotopic (exact) mass is 419 g/mol. The van der Waals surface area contributed by atoms with E-state index >= 15 is 0 Å². The van der Waals surface area contributed by atoms with Crippen molar-refractivity contribution in [3.05, 3.63) is 54.5 Å². The van der Waals surface area contributed by atoms with Crippen LogP contribution >= 0.6 is 0 Å². The highest BCUT2D eigenvalue weighted by Crippen LogP contribution is 2.50. The van der Waals surface area contributed by atoms with E-state index in [-0.39, 0.29) is 17.1 Å². The molecule has 6 heteroatoms. The molecule has 2 amide bonds. The maximum absolute atomic E-state index is 13.6. The molecule has 3 fully saturated rings. The van der Waals surface area contributed by atoms with Crippen molar-refractivity contribution in [2.24, 2.45) is 5.92 Å². The summed E-state index contributed by atoms with van der Waals surface area (Å²) in [6.07, 6.45) is 13.0. The van der Waals surface area contributed by atoms with Crippen LogP contribution in [0.15, 0.2) is 48.9 Å². The van der Waals surface area contributed by atoms with Crippen molar-refractivity contribution in [3.63, 3.8) is 0 Å². The summed E-state index contributed by atoms with van der Waals surface area (Å²) in [7, 11) is 4.39. The van der Waals surface area contributed by atoms with Gasteiger partial charge in [0.2, 0.25) is 0 Å². The Kier molecular flexibility index (Phi) is 5.21. The molecule has 0 atom stereocenters. The molecule has 0 radical (unpaired) electrons. The van der Waals surface area contributed by atoms with Crippen molar-refractivity contribution in [1.82, 2.24) is 19.8 Å². The molecule has 2 heterocycles. The Balaban J connectivity index is 1.44. The van der Waals surface area contributed by atoms with Gasteiger partial charge in [-0.25, -0.2) is 9.78 Å². The lowest BCUT2D eigenvalue weighted by molar-refractivity contribution is 0.0172. The highest BCUT2D eigenvalue weighted by Gasteiger charge is 2.55. The van der Waals surface area contributed by atoms with Crippen LogP contribution in [0, 0.1) is 5.92 Å². The van der Waals surface area contributed by atoms with Gasteiger partial charge in [0.15, 0.2) is 5.82 Å². The summed E-state index contributed by atoms with van der Waals surface area (Å²) >= 11 is 0. The predicted octanol–water partition coefficient (Wildman–Crippen LogP) is 4.29. The summed E-state index contributed by atoms with van der Waals surface area (Å²) in [6.45, 7) is 1.60. The molecule has 2 aromatic rings. The highest BCUT2D eigenvalue weighted by atomic mass is 16.2. The first-order valence-electron chi connectivity index (χ1n) is 11.6. The number of benzene rings is 1. The van der Waals surface area contributed by atoms with Crippen LogP contribution in [0.2, 0.25) is 0 Å². The Morgan fingerprint density at radius 1 is 1.06 bits per heavy atom. The Bertz CT molecular complexity index is 904. The zero-order valence-electron chi connectivity index (χ0n) is 18.7. The number of hydrogen-bond donors (Lipinski definition) is 0. The number of urea groups is 1. The number of anilines is 1. The van der Waals surface area contributed by atoms with Gasteiger partial charge in [-0.1, -0.05) is 36.8 Å². The molecule has 1 aromatic heterocycles. The van der Waals surface area contributed by atoms with E-state index in [9.17, 15) is 4.79 Å². The maximum atomic E-state index is 13.6. The fourth-order valence-corrected chi connectivity index (χ4v) is 5.91. The van der Waals surface area contributed by atoms with Crippen molar-refractivity contribution in [1.29, 1.82) is 0 Å². The number of hydrogen-bond acceptors (Lipinski definition) is 4. The first-order chi connectivity index (χ1) is 15.0. The molecule has 5 rings (SSSR count). The van der Waals surface area contributed by atoms with Crippen molar-refractivity contribution < 1.29 is 4.79 Å². The van der Waals surface area contributed by atoms with Crippen molar-refractivity contribution in [2.75, 3.05) is 32.1 Å². The van der Waals surface area contributed by atoms with Crippen LogP contribution in [0.3, 0.4) is 0 Å². The third-order valence-corrected chi connectivity index (χ3v) is 8.15. The predicted molar refractivity (Wildman–Crippen MR) is 122 cm³/mol. The summed E-state index contributed by atoms with van der Waals surface area (Å²) in [4.78, 5) is 28.7. The van der Waals surface area contributed by atoms with Gasteiger partial charge in [-0.15, -0.1) is 0 Å². The van der Waals surface area contributed by atoms with Gasteiger partial charge in [0.25, 0.3) is 0 Å². The molecule has 31 heavy (non-hydrogen) atoms. The van der Waals surface area contributed by atoms with E-state index in [0.29, 0.717) is 11.7 Å². The average Bonchev–Trinajstić information content (AvgIpc) is 3.04. The molecule has 0 unspecified atom stereocenters. The fraction of sp³-hybridized carbons (Fsp3) is 0.560. The molecule has 164 valence electrons. The molecule has 0 bridgehead atoms. The standard InChI is InChI=1S/C25H33N5O/c1-28(2)25(21-9-4-3-5-10-21)13-11-24(12-14-25)19-29(22-17-26-15-16-27-22)23(31)30(24)18-20-7-6-8-20/h3-5,9-10,15-17,20H,6-8,11-14,18-19H2,1-2H3. The van der Waals surface area contributed by atoms with E-state index in [4.69, 9.17) is 0 Å². The van der Waals surface area contributed by atoms with Crippen LogP contribution in [-0.2, 0) is 5.54 Å². The van der Waals surface area contributed by atoms with E-state index in [0.717, 1.165) is 38.8 Å². The number of carbonyl (C=O) groups excluding carboxylic acids is 1. The number of carbonyl (C=O) groups is 1. The minimum atomic E-state index is -0.113. The minimum absolute atomic E-state index is 0.0255. The van der Waals surface area contributed by atoms with Crippen LogP contribution in [0.4, 0.5) is 10.6 Å². The first-order valence-corrected chi connectivity index (χ1v) is 11.6. The average molecular weight is 420 g/mol. The molecule has 1 aromatic carbocycles. The van der Waals surface area contributed by atoms with E-state index in [2.05, 4.69) is 64.2 Å². The summed E-state index contributed by atoms with van der Waals surface area (Å²) in [6, 6.07) is 11.0. The molecule has 2 saturated carbocycles. The Morgan fingerprint density at radius 2 is 1.81 bits per heavy atom. The maximum Gasteiger partial charge on any atom is 0.326 e. The topological polar surface area (TPSA) is 52.6 Å². The van der Waals surface area contributed by atoms with Crippen LogP contribution in [-0.4, -0.2) is 58.5 Å². The lowest BCUT2D eigenvalue weighted by Gasteiger charge is -2.51. The van der Waals surface area contributed by atoms with Gasteiger partial charge >= 0.3 is 6.03 Å². The molecule has 2 aliphatic carbocycles. The van der Waals surface area contributed by atoms with Gasteiger partial charge in [-0.05, 0) is 64.1 Å². The number of rotatable bonds is 5. The highest BCUT2D eigenvalue weighted by molar-refractivity contribution is 5.94. The minimum Gasteiger partial charge on any atom is -0.317 e. The lowest BCUT2D eigenvalue weighted by Crippen LogP contribution is -2.56. The van der Waals surface area contributed by atoms with Crippen LogP contribution in [0.25, 0.3) is 0 Å². The zero-order chi connectivity index (χ0) is 21.5. The largest absolute Gasteiger partial charge is 0.326 e. The van der Waals surface area contributed by atoms with Crippen molar-refractivity contribution >= 4 is 11.8 Å². The Hall–Kier alpha value is -2.47. The third kappa shape index (κ3) is 3.41. The van der Waals surface area contributed by atoms with Crippen molar-refractivity contribution in [2.45, 2.75) is 56.0 Å². The summed E-state index contributed by atoms with van der Waals surface area (Å²) in [5.41, 5.74) is 1.30. The zero-order valence-corrected chi connectivity index (χ0v) is 18.7. The number of aromatic nitrogens is 2. The van der Waals surface area contributed by atoms with E-state index in [1.807, 2.05) is 4.90 Å². The SMILES string of the molecule is CN(C)C1(c2ccccc2)CCC2(CC1)CN(c1cnccn1)C(=O)N2CC1CCC1. The van der Waals surface area contributed by atoms with Crippen LogP contribution < -0.4 is 4.90 Å². The van der Waals surface area contributed by atoms with Gasteiger partial charge in [0, 0.05) is 24.5 Å². The molecule has 3 aliphatic rings. The smallest absolute Gasteiger partial charge is 0.317 e. The summed E-state index contributed by atoms with van der Waals surface area (Å²) in [5, 5.41) is 0. The fourth-order valence-electron chi connectivity index (χ4n) is 5.91. The quantitative estimate of drug-likeness (QED) is 0.726. The van der Waals surface area contributed by atoms with Gasteiger partial charge < -0.3 is 4.90 Å². The second-order valence-electron chi connectivity index (χ2n) is 9.86. The van der Waals surface area contributed by atoms with Crippen LogP contribution in [0.1, 0.15) is 50.5 Å². The number of nitrogens with zero attached hydrogens (tertiary/aromatic N) is 5. The normalized spacial score (nSPS) is 29.1. The molecule has 1 spiro atoms. The summed E-state index contributed by atoms with van der Waals surface area (Å²) < 4.78 is 0. The molecule has 1 saturated heterocycles. The van der Waals surface area contributed by atoms with Gasteiger partial charge in [-0.3, -0.25) is 14.8 Å². The van der Waals surface area contributed by atoms with Gasteiger partial charge in [0.1, 0.15) is 0 Å². The molecule has 1 aliphatic heterocycles. The lowest BCUT2D eigenvalue weighted by atomic mass is 9.68. The van der Waals surface area contributed by atoms with Crippen LogP contribution in [0.5, 0.6) is 0 Å². The Morgan fingerprint density at radius 3 is 2.39 bits per heavy atom. The second-order valence-corrected chi connectivity index (χ2v) is 9.86.